The van der Waals surface area contributed by atoms with Crippen LogP contribution in [0.4, 0.5) is 0 Å². The van der Waals surface area contributed by atoms with Gasteiger partial charge in [0.2, 0.25) is 0 Å². The quantitative estimate of drug-likeness (QED) is 0.615. The number of aryl methyl sites for hydroxylation is 2. The summed E-state index contributed by atoms with van der Waals surface area (Å²) >= 11 is 0. The van der Waals surface area contributed by atoms with Crippen molar-refractivity contribution in [2.45, 2.75) is 39.5 Å². The lowest BCUT2D eigenvalue weighted by Crippen LogP contribution is -2.26. The van der Waals surface area contributed by atoms with E-state index >= 15 is 0 Å². The van der Waals surface area contributed by atoms with Gasteiger partial charge >= 0.3 is 0 Å². The van der Waals surface area contributed by atoms with Crippen LogP contribution in [0.2, 0.25) is 0 Å². The van der Waals surface area contributed by atoms with Gasteiger partial charge in [-0.3, -0.25) is 0 Å². The number of benzene rings is 2. The fraction of sp³-hybridized carbons (Fsp3) is 0.304. The average molecular weight is 300 g/mol. The lowest BCUT2D eigenvalue weighted by molar-refractivity contribution is 0.292. The molecule has 0 aliphatic heterocycles. The SMILES string of the molecule is Cc1cccc2c1C=CC2C(C)(C)C1C=Cc2c(C)cccc21. The highest BCUT2D eigenvalue weighted by molar-refractivity contribution is 5.69. The van der Waals surface area contributed by atoms with E-state index in [1.165, 1.54) is 33.4 Å². The third kappa shape index (κ3) is 2.05. The maximum absolute atomic E-state index is 2.42. The van der Waals surface area contributed by atoms with Gasteiger partial charge in [0, 0.05) is 11.8 Å². The Kier molecular flexibility index (Phi) is 3.13. The van der Waals surface area contributed by atoms with Crippen LogP contribution in [-0.2, 0) is 0 Å². The summed E-state index contributed by atoms with van der Waals surface area (Å²) in [6.45, 7) is 9.27. The first-order chi connectivity index (χ1) is 11.0. The Hall–Kier alpha value is -2.08. The van der Waals surface area contributed by atoms with Crippen LogP contribution in [0.1, 0.15) is 59.1 Å². The molecule has 0 aromatic heterocycles. The van der Waals surface area contributed by atoms with Crippen LogP contribution in [0.25, 0.3) is 12.2 Å². The van der Waals surface area contributed by atoms with Crippen LogP contribution in [0.5, 0.6) is 0 Å². The van der Waals surface area contributed by atoms with Crippen molar-refractivity contribution in [1.82, 2.24) is 0 Å². The van der Waals surface area contributed by atoms with Crippen molar-refractivity contribution in [3.05, 3.63) is 81.9 Å². The molecule has 0 bridgehead atoms. The molecule has 2 aromatic carbocycles. The summed E-state index contributed by atoms with van der Waals surface area (Å²) in [5, 5.41) is 0. The van der Waals surface area contributed by atoms with Crippen molar-refractivity contribution in [1.29, 1.82) is 0 Å². The van der Waals surface area contributed by atoms with Crippen LogP contribution in [0.3, 0.4) is 0 Å². The minimum atomic E-state index is 0.158. The van der Waals surface area contributed by atoms with Gasteiger partial charge in [-0.05, 0) is 52.6 Å². The zero-order chi connectivity index (χ0) is 16.2. The third-order valence-electron chi connectivity index (χ3n) is 5.90. The van der Waals surface area contributed by atoms with E-state index in [1.54, 1.807) is 0 Å². The first-order valence-corrected chi connectivity index (χ1v) is 8.55. The molecular weight excluding hydrogens is 276 g/mol. The maximum Gasteiger partial charge on any atom is 0.00873 e. The van der Waals surface area contributed by atoms with Gasteiger partial charge in [-0.25, -0.2) is 0 Å². The first-order valence-electron chi connectivity index (χ1n) is 8.55. The summed E-state index contributed by atoms with van der Waals surface area (Å²) in [6.07, 6.45) is 9.48. The molecule has 0 nitrogen and oxygen atoms in total. The standard InChI is InChI=1S/C23H24/c1-15-7-5-9-19-17(15)11-13-21(19)23(3,4)22-14-12-18-16(2)8-6-10-20(18)22/h5-14,21-22H,1-4H3. The predicted octanol–water partition coefficient (Wildman–Crippen LogP) is 6.25. The molecule has 0 saturated carbocycles. The minimum Gasteiger partial charge on any atom is -0.0758 e. The van der Waals surface area contributed by atoms with E-state index in [9.17, 15) is 0 Å². The highest BCUT2D eigenvalue weighted by Crippen LogP contribution is 2.54. The molecule has 23 heavy (non-hydrogen) atoms. The summed E-state index contributed by atoms with van der Waals surface area (Å²) in [5.41, 5.74) is 8.76. The molecule has 4 rings (SSSR count). The summed E-state index contributed by atoms with van der Waals surface area (Å²) < 4.78 is 0. The Morgan fingerprint density at radius 3 is 1.57 bits per heavy atom. The monoisotopic (exact) mass is 300 g/mol. The molecule has 0 fully saturated rings. The van der Waals surface area contributed by atoms with E-state index in [1.807, 2.05) is 0 Å². The van der Waals surface area contributed by atoms with Crippen LogP contribution in [0, 0.1) is 19.3 Å². The summed E-state index contributed by atoms with van der Waals surface area (Å²) in [4.78, 5) is 0. The van der Waals surface area contributed by atoms with Crippen molar-refractivity contribution in [3.8, 4) is 0 Å². The number of allylic oxidation sites excluding steroid dienone is 2. The van der Waals surface area contributed by atoms with Gasteiger partial charge in [-0.1, -0.05) is 74.5 Å². The van der Waals surface area contributed by atoms with Gasteiger partial charge in [-0.2, -0.15) is 0 Å². The van der Waals surface area contributed by atoms with Crippen LogP contribution in [-0.4, -0.2) is 0 Å². The minimum absolute atomic E-state index is 0.158. The fourth-order valence-corrected chi connectivity index (χ4v) is 4.49. The summed E-state index contributed by atoms with van der Waals surface area (Å²) in [7, 11) is 0. The zero-order valence-electron chi connectivity index (χ0n) is 14.4. The van der Waals surface area contributed by atoms with E-state index in [0.29, 0.717) is 11.8 Å². The van der Waals surface area contributed by atoms with E-state index in [4.69, 9.17) is 0 Å². The molecule has 0 saturated heterocycles. The molecule has 0 heteroatoms. The van der Waals surface area contributed by atoms with Gasteiger partial charge in [0.1, 0.15) is 0 Å². The molecule has 0 radical (unpaired) electrons. The second kappa shape index (κ2) is 4.96. The molecule has 0 heterocycles. The Labute approximate surface area is 139 Å². The summed E-state index contributed by atoms with van der Waals surface area (Å²) in [5.74, 6) is 0.942. The maximum atomic E-state index is 2.42. The molecule has 2 atom stereocenters. The van der Waals surface area contributed by atoms with Crippen molar-refractivity contribution in [2.24, 2.45) is 5.41 Å². The molecule has 0 amide bonds. The van der Waals surface area contributed by atoms with E-state index < -0.39 is 0 Å². The molecule has 0 spiro atoms. The van der Waals surface area contributed by atoms with E-state index in [-0.39, 0.29) is 5.41 Å². The smallest absolute Gasteiger partial charge is 0.00873 e. The fourth-order valence-electron chi connectivity index (χ4n) is 4.49. The lowest BCUT2D eigenvalue weighted by Gasteiger charge is -2.37. The second-order valence-corrected chi connectivity index (χ2v) is 7.65. The van der Waals surface area contributed by atoms with Crippen LogP contribution >= 0.6 is 0 Å². The van der Waals surface area contributed by atoms with Gasteiger partial charge in [-0.15, -0.1) is 0 Å². The molecule has 2 aliphatic carbocycles. The molecule has 116 valence electrons. The van der Waals surface area contributed by atoms with Crippen LogP contribution < -0.4 is 0 Å². The Morgan fingerprint density at radius 1 is 0.696 bits per heavy atom. The highest BCUT2D eigenvalue weighted by atomic mass is 14.4. The van der Waals surface area contributed by atoms with Crippen LogP contribution in [0.15, 0.2) is 48.6 Å². The lowest BCUT2D eigenvalue weighted by atomic mass is 9.66. The van der Waals surface area contributed by atoms with Gasteiger partial charge in [0.25, 0.3) is 0 Å². The van der Waals surface area contributed by atoms with Gasteiger partial charge in [0.05, 0.1) is 0 Å². The number of hydrogen-bond donors (Lipinski definition) is 0. The first kappa shape index (κ1) is 14.5. The molecule has 0 N–H and O–H groups in total. The Bertz CT molecular complexity index is 764. The second-order valence-electron chi connectivity index (χ2n) is 7.65. The molecule has 2 aromatic rings. The van der Waals surface area contributed by atoms with Crippen molar-refractivity contribution >= 4 is 12.2 Å². The van der Waals surface area contributed by atoms with E-state index in [2.05, 4.69) is 88.4 Å². The van der Waals surface area contributed by atoms with Crippen molar-refractivity contribution < 1.29 is 0 Å². The zero-order valence-corrected chi connectivity index (χ0v) is 14.4. The molecule has 2 aliphatic rings. The van der Waals surface area contributed by atoms with E-state index in [0.717, 1.165) is 0 Å². The normalized spacial score (nSPS) is 21.6. The van der Waals surface area contributed by atoms with Gasteiger partial charge in [0.15, 0.2) is 0 Å². The Morgan fingerprint density at radius 2 is 1.13 bits per heavy atom. The third-order valence-corrected chi connectivity index (χ3v) is 5.90. The Balaban J connectivity index is 1.78. The largest absolute Gasteiger partial charge is 0.0758 e. The number of hydrogen-bond acceptors (Lipinski definition) is 0. The van der Waals surface area contributed by atoms with Gasteiger partial charge < -0.3 is 0 Å². The van der Waals surface area contributed by atoms with Crippen molar-refractivity contribution in [3.63, 3.8) is 0 Å². The number of rotatable bonds is 2. The number of fused-ring (bicyclic) bond motifs is 2. The summed E-state index contributed by atoms with van der Waals surface area (Å²) in [6, 6.07) is 13.5. The topological polar surface area (TPSA) is 0 Å². The average Bonchev–Trinajstić information content (AvgIpc) is 3.12. The molecule has 2 unspecified atom stereocenters. The molecular formula is C23H24. The highest BCUT2D eigenvalue weighted by Gasteiger charge is 2.41. The van der Waals surface area contributed by atoms with Crippen molar-refractivity contribution in [2.75, 3.05) is 0 Å². The predicted molar refractivity (Wildman–Crippen MR) is 99.7 cm³/mol.